The third-order valence-electron chi connectivity index (χ3n) is 12.2. The number of aliphatic hydroxyl groups excluding tert-OH is 1. The zero-order chi connectivity index (χ0) is 49.4. The minimum absolute atomic E-state index is 0.00153. The second-order valence-electron chi connectivity index (χ2n) is 19.5. The number of nitrogens with zero attached hydrogens (tertiary/aromatic N) is 4. The molecule has 0 unspecified atom stereocenters. The van der Waals surface area contributed by atoms with Gasteiger partial charge in [0, 0.05) is 50.4 Å². The largest absolute Gasteiger partial charge is 0.458 e. The molecule has 3 heterocycles. The van der Waals surface area contributed by atoms with E-state index in [-0.39, 0.29) is 43.6 Å². The van der Waals surface area contributed by atoms with E-state index in [1.165, 1.54) is 23.2 Å². The van der Waals surface area contributed by atoms with Crippen molar-refractivity contribution in [3.05, 3.63) is 84.2 Å². The van der Waals surface area contributed by atoms with E-state index >= 15 is 0 Å². The van der Waals surface area contributed by atoms with Gasteiger partial charge in [0.1, 0.15) is 36.4 Å². The summed E-state index contributed by atoms with van der Waals surface area (Å²) in [7, 11) is 1.50. The van der Waals surface area contributed by atoms with Gasteiger partial charge in [0.25, 0.3) is 0 Å². The van der Waals surface area contributed by atoms with E-state index in [1.807, 2.05) is 71.9 Å². The summed E-state index contributed by atoms with van der Waals surface area (Å²) in [6.07, 6.45) is 4.77. The van der Waals surface area contributed by atoms with Gasteiger partial charge >= 0.3 is 12.1 Å². The first-order valence-corrected chi connectivity index (χ1v) is 23.6. The van der Waals surface area contributed by atoms with Crippen LogP contribution >= 0.6 is 0 Å². The van der Waals surface area contributed by atoms with Crippen molar-refractivity contribution in [1.82, 2.24) is 40.7 Å². The van der Waals surface area contributed by atoms with Gasteiger partial charge in [-0.15, -0.1) is 0 Å². The van der Waals surface area contributed by atoms with Crippen LogP contribution in [-0.2, 0) is 52.9 Å². The number of carbonyl (C=O) groups is 6. The molecule has 5 N–H and O–H groups in total. The summed E-state index contributed by atoms with van der Waals surface area (Å²) in [5.74, 6) is -3.91. The predicted molar refractivity (Wildman–Crippen MR) is 253 cm³/mol. The fourth-order valence-corrected chi connectivity index (χ4v) is 8.16. The Morgan fingerprint density at radius 2 is 1.63 bits per heavy atom. The van der Waals surface area contributed by atoms with Crippen LogP contribution in [0.4, 0.5) is 4.79 Å². The maximum Gasteiger partial charge on any atom is 0.410 e. The van der Waals surface area contributed by atoms with Crippen LogP contribution in [0.15, 0.2) is 67.3 Å². The summed E-state index contributed by atoms with van der Waals surface area (Å²) >= 11 is 0. The minimum atomic E-state index is -1.21. The lowest BCUT2D eigenvalue weighted by atomic mass is 9.85. The molecule has 3 aromatic rings. The van der Waals surface area contributed by atoms with Crippen molar-refractivity contribution in [2.45, 2.75) is 156 Å². The van der Waals surface area contributed by atoms with Crippen molar-refractivity contribution < 1.29 is 43.3 Å². The van der Waals surface area contributed by atoms with Gasteiger partial charge in [0.2, 0.25) is 23.6 Å². The zero-order valence-corrected chi connectivity index (χ0v) is 41.0. The lowest BCUT2D eigenvalue weighted by Gasteiger charge is -2.35. The molecule has 17 nitrogen and oxygen atoms in total. The SMILES string of the molecule is CC[C@H](C)[C@H](NC(=O)[C@H](C[C@H](O)[C@H](CC(C)C)NC(=O)[C@H](Cc1cnc[nH]1)N(C)C(=O)[C@H](Cc1ccccc1)NC(=O)[C@@H]1CCCN1C(=O)OC(C)(C)C)C(C)C)C(=O)OCc1ccccn1. The second-order valence-corrected chi connectivity index (χ2v) is 19.5. The van der Waals surface area contributed by atoms with E-state index in [0.29, 0.717) is 43.6 Å². The van der Waals surface area contributed by atoms with Crippen LogP contribution in [0.2, 0.25) is 0 Å². The van der Waals surface area contributed by atoms with Crippen molar-refractivity contribution in [3.8, 4) is 0 Å². The summed E-state index contributed by atoms with van der Waals surface area (Å²) in [5, 5.41) is 20.8. The average Bonchev–Trinajstić information content (AvgIpc) is 4.00. The predicted octanol–water partition coefficient (Wildman–Crippen LogP) is 5.13. The Hall–Kier alpha value is -5.84. The highest BCUT2D eigenvalue weighted by atomic mass is 16.6. The van der Waals surface area contributed by atoms with Crippen molar-refractivity contribution in [1.29, 1.82) is 0 Å². The Morgan fingerprint density at radius 3 is 2.22 bits per heavy atom. The zero-order valence-electron chi connectivity index (χ0n) is 41.0. The Balaban J connectivity index is 1.57. The molecule has 5 amide bonds. The smallest absolute Gasteiger partial charge is 0.410 e. The van der Waals surface area contributed by atoms with E-state index < -0.39 is 83.5 Å². The van der Waals surface area contributed by atoms with Crippen molar-refractivity contribution in [2.75, 3.05) is 13.6 Å². The number of likely N-dealkylation sites (N-methyl/N-ethyl adjacent to an activating group) is 1. The number of rotatable bonds is 23. The molecule has 1 aliphatic rings. The van der Waals surface area contributed by atoms with Crippen LogP contribution in [-0.4, -0.2) is 121 Å². The van der Waals surface area contributed by atoms with Gasteiger partial charge in [-0.25, -0.2) is 14.6 Å². The lowest BCUT2D eigenvalue weighted by Crippen LogP contribution is -2.59. The molecular weight excluding hydrogens is 857 g/mol. The number of likely N-dealkylation sites (tertiary alicyclic amines) is 1. The molecule has 1 saturated heterocycles. The maximum absolute atomic E-state index is 14.8. The molecule has 0 spiro atoms. The summed E-state index contributed by atoms with van der Waals surface area (Å²) in [6, 6.07) is 9.55. The Kier molecular flexibility index (Phi) is 20.3. The van der Waals surface area contributed by atoms with E-state index in [2.05, 4.69) is 30.9 Å². The summed E-state index contributed by atoms with van der Waals surface area (Å²) < 4.78 is 11.2. The maximum atomic E-state index is 14.8. The average molecular weight is 931 g/mol. The molecular formula is C50H74N8O9. The Labute approximate surface area is 395 Å². The molecule has 0 bridgehead atoms. The first kappa shape index (κ1) is 53.8. The molecule has 8 atom stereocenters. The molecule has 1 aliphatic heterocycles. The summed E-state index contributed by atoms with van der Waals surface area (Å²) in [5.41, 5.74) is 1.12. The van der Waals surface area contributed by atoms with Crippen molar-refractivity contribution >= 4 is 35.7 Å². The van der Waals surface area contributed by atoms with E-state index in [4.69, 9.17) is 9.47 Å². The van der Waals surface area contributed by atoms with Crippen LogP contribution in [0.25, 0.3) is 0 Å². The summed E-state index contributed by atoms with van der Waals surface area (Å²) in [4.78, 5) is 98.1. The highest BCUT2D eigenvalue weighted by molar-refractivity contribution is 5.94. The fraction of sp³-hybridized carbons (Fsp3) is 0.600. The first-order chi connectivity index (χ1) is 31.7. The Bertz CT molecular complexity index is 2040. The molecule has 1 fully saturated rings. The molecule has 0 saturated carbocycles. The van der Waals surface area contributed by atoms with Gasteiger partial charge in [-0.05, 0) is 81.9 Å². The molecule has 368 valence electrons. The normalized spacial score (nSPS) is 17.1. The molecule has 1 aromatic carbocycles. The topological polar surface area (TPSA) is 225 Å². The number of pyridine rings is 1. The van der Waals surface area contributed by atoms with Gasteiger partial charge in [-0.1, -0.05) is 84.4 Å². The number of hydrogen-bond donors (Lipinski definition) is 5. The van der Waals surface area contributed by atoms with Gasteiger partial charge in [-0.3, -0.25) is 29.1 Å². The summed E-state index contributed by atoms with van der Waals surface area (Å²) in [6.45, 7) is 16.9. The number of benzene rings is 1. The highest BCUT2D eigenvalue weighted by Crippen LogP contribution is 2.25. The number of aromatic nitrogens is 3. The monoisotopic (exact) mass is 931 g/mol. The quantitative estimate of drug-likeness (QED) is 0.0784. The number of H-pyrrole nitrogens is 1. The first-order valence-electron chi connectivity index (χ1n) is 23.6. The van der Waals surface area contributed by atoms with Gasteiger partial charge in [0.05, 0.1) is 24.2 Å². The number of aromatic amines is 1. The lowest BCUT2D eigenvalue weighted by molar-refractivity contribution is -0.151. The number of imidazole rings is 1. The van der Waals surface area contributed by atoms with Crippen LogP contribution in [0.1, 0.15) is 111 Å². The molecule has 4 rings (SSSR count). The molecule has 0 aliphatic carbocycles. The van der Waals surface area contributed by atoms with Crippen LogP contribution in [0.3, 0.4) is 0 Å². The number of esters is 1. The van der Waals surface area contributed by atoms with E-state index in [0.717, 1.165) is 5.56 Å². The van der Waals surface area contributed by atoms with Crippen LogP contribution in [0.5, 0.6) is 0 Å². The second kappa shape index (κ2) is 25.3. The van der Waals surface area contributed by atoms with Crippen molar-refractivity contribution in [2.24, 2.45) is 23.7 Å². The molecule has 67 heavy (non-hydrogen) atoms. The number of nitrogens with one attached hydrogen (secondary N) is 4. The standard InChI is InChI=1S/C50H74N8O9/c1-11-33(6)43(48(64)66-29-35-20-15-16-22-52-35)56-44(60)37(32(4)5)27-42(59)38(24-31(2)3)54-46(62)41(26-36-28-51-30-53-36)57(10)47(63)39(25-34-18-13-12-14-19-34)55-45(61)40-21-17-23-58(40)49(65)67-50(7,8)9/h12-16,18-20,22,28,30-33,37-43,59H,11,17,21,23-27,29H2,1-10H3,(H,51,53)(H,54,62)(H,55,61)(H,56,60)/t33-,37+,38-,39-,40-,41-,42-,43-/m0/s1. The van der Waals surface area contributed by atoms with Crippen molar-refractivity contribution in [3.63, 3.8) is 0 Å². The Morgan fingerprint density at radius 1 is 0.925 bits per heavy atom. The van der Waals surface area contributed by atoms with Gasteiger partial charge < -0.3 is 40.4 Å². The molecule has 0 radical (unpaired) electrons. The van der Waals surface area contributed by atoms with Crippen LogP contribution < -0.4 is 16.0 Å². The van der Waals surface area contributed by atoms with Crippen LogP contribution in [0, 0.1) is 23.7 Å². The molecule has 17 heteroatoms. The highest BCUT2D eigenvalue weighted by Gasteiger charge is 2.41. The van der Waals surface area contributed by atoms with Gasteiger partial charge in [0.15, 0.2) is 0 Å². The third kappa shape index (κ3) is 16.5. The fourth-order valence-electron chi connectivity index (χ4n) is 8.16. The molecule has 2 aromatic heterocycles. The van der Waals surface area contributed by atoms with E-state index in [9.17, 15) is 33.9 Å². The number of hydrogen-bond acceptors (Lipinski definition) is 11. The number of amides is 5. The number of aliphatic hydroxyl groups is 1. The van der Waals surface area contributed by atoms with Gasteiger partial charge in [-0.2, -0.15) is 0 Å². The third-order valence-corrected chi connectivity index (χ3v) is 12.2. The number of carbonyl (C=O) groups excluding carboxylic acids is 6. The van der Waals surface area contributed by atoms with E-state index in [1.54, 1.807) is 51.4 Å². The minimum Gasteiger partial charge on any atom is -0.458 e. The number of ether oxygens (including phenoxy) is 2.